The van der Waals surface area contributed by atoms with E-state index in [9.17, 15) is 31.2 Å². The van der Waals surface area contributed by atoms with Crippen molar-refractivity contribution in [1.29, 1.82) is 0 Å². The average Bonchev–Trinajstić information content (AvgIpc) is 3.16. The SMILES string of the molecule is Cc1ccc(C(=O)NCC(=O)N2CCN(S(=O)(=O)c3ccc(F)c(F)c3F)CC2)s1. The standard InChI is InChI=1S/C18H18F3N3O4S2/c1-11-2-4-13(29-11)18(26)22-10-15(25)23-6-8-24(9-7-23)30(27,28)14-5-3-12(19)16(20)17(14)21/h2-5H,6-10H2,1H3,(H,22,26). The Labute approximate surface area is 175 Å². The first-order chi connectivity index (χ1) is 14.1. The molecule has 2 aromatic rings. The lowest BCUT2D eigenvalue weighted by molar-refractivity contribution is -0.131. The van der Waals surface area contributed by atoms with Gasteiger partial charge in [0.25, 0.3) is 5.91 Å². The number of carbonyl (C=O) groups excluding carboxylic acids is 2. The summed E-state index contributed by atoms with van der Waals surface area (Å²) in [6.45, 7) is 1.33. The summed E-state index contributed by atoms with van der Waals surface area (Å²) >= 11 is 1.30. The van der Waals surface area contributed by atoms with E-state index in [1.165, 1.54) is 16.2 Å². The zero-order valence-electron chi connectivity index (χ0n) is 15.8. The van der Waals surface area contributed by atoms with Crippen LogP contribution in [0.1, 0.15) is 14.5 Å². The number of thiophene rings is 1. The Morgan fingerprint density at radius 2 is 1.70 bits per heavy atom. The summed E-state index contributed by atoms with van der Waals surface area (Å²) in [5, 5.41) is 2.52. The van der Waals surface area contributed by atoms with Gasteiger partial charge in [-0.05, 0) is 31.2 Å². The molecule has 1 aliphatic rings. The second-order valence-corrected chi connectivity index (χ2v) is 9.75. The van der Waals surface area contributed by atoms with E-state index in [1.807, 2.05) is 6.92 Å². The number of nitrogens with one attached hydrogen (secondary N) is 1. The van der Waals surface area contributed by atoms with Gasteiger partial charge in [-0.3, -0.25) is 9.59 Å². The molecule has 3 rings (SSSR count). The predicted octanol–water partition coefficient (Wildman–Crippen LogP) is 1.74. The molecule has 1 aromatic carbocycles. The second-order valence-electron chi connectivity index (χ2n) is 6.55. The molecule has 30 heavy (non-hydrogen) atoms. The highest BCUT2D eigenvalue weighted by molar-refractivity contribution is 7.89. The maximum atomic E-state index is 13.9. The third-order valence-electron chi connectivity index (χ3n) is 4.57. The van der Waals surface area contributed by atoms with E-state index in [0.29, 0.717) is 17.0 Å². The number of hydrogen-bond donors (Lipinski definition) is 1. The first-order valence-corrected chi connectivity index (χ1v) is 11.1. The quantitative estimate of drug-likeness (QED) is 0.688. The van der Waals surface area contributed by atoms with Gasteiger partial charge < -0.3 is 10.2 Å². The van der Waals surface area contributed by atoms with Crippen LogP contribution in [0.15, 0.2) is 29.2 Å². The molecule has 0 aliphatic carbocycles. The van der Waals surface area contributed by atoms with Crippen LogP contribution in [0.3, 0.4) is 0 Å². The van der Waals surface area contributed by atoms with Gasteiger partial charge in [0.05, 0.1) is 11.4 Å². The summed E-state index contributed by atoms with van der Waals surface area (Å²) in [5.74, 6) is -5.90. The van der Waals surface area contributed by atoms with Crippen LogP contribution in [0.4, 0.5) is 13.2 Å². The number of sulfonamides is 1. The summed E-state index contributed by atoms with van der Waals surface area (Å²) in [4.78, 5) is 26.2. The molecule has 2 amide bonds. The van der Waals surface area contributed by atoms with Gasteiger partial charge in [-0.25, -0.2) is 21.6 Å². The molecule has 7 nitrogen and oxygen atoms in total. The number of nitrogens with zero attached hydrogens (tertiary/aromatic N) is 2. The lowest BCUT2D eigenvalue weighted by Crippen LogP contribution is -2.52. The van der Waals surface area contributed by atoms with Crippen LogP contribution >= 0.6 is 11.3 Å². The topological polar surface area (TPSA) is 86.8 Å². The summed E-state index contributed by atoms with van der Waals surface area (Å²) in [5.41, 5.74) is 0. The molecule has 12 heteroatoms. The van der Waals surface area contributed by atoms with Gasteiger partial charge in [0.1, 0.15) is 4.90 Å². The van der Waals surface area contributed by atoms with Crippen LogP contribution in [0, 0.1) is 24.4 Å². The van der Waals surface area contributed by atoms with Gasteiger partial charge in [-0.2, -0.15) is 4.31 Å². The molecule has 0 atom stereocenters. The third kappa shape index (κ3) is 4.50. The Hall–Kier alpha value is -2.44. The Kier molecular flexibility index (Phi) is 6.48. The zero-order chi connectivity index (χ0) is 22.1. The molecule has 1 aliphatic heterocycles. The lowest BCUT2D eigenvalue weighted by atomic mass is 10.3. The zero-order valence-corrected chi connectivity index (χ0v) is 17.5. The first-order valence-electron chi connectivity index (χ1n) is 8.87. The fraction of sp³-hybridized carbons (Fsp3) is 0.333. The van der Waals surface area contributed by atoms with Gasteiger partial charge in [-0.15, -0.1) is 11.3 Å². The van der Waals surface area contributed by atoms with Crippen molar-refractivity contribution in [2.24, 2.45) is 0 Å². The van der Waals surface area contributed by atoms with E-state index in [-0.39, 0.29) is 38.6 Å². The van der Waals surface area contributed by atoms with Gasteiger partial charge in [0, 0.05) is 31.1 Å². The van der Waals surface area contributed by atoms with Gasteiger partial charge >= 0.3 is 0 Å². The predicted molar refractivity (Wildman–Crippen MR) is 103 cm³/mol. The number of benzene rings is 1. The monoisotopic (exact) mass is 461 g/mol. The average molecular weight is 461 g/mol. The van der Waals surface area contributed by atoms with Gasteiger partial charge in [0.2, 0.25) is 15.9 Å². The molecule has 0 spiro atoms. The smallest absolute Gasteiger partial charge is 0.261 e. The van der Waals surface area contributed by atoms with Crippen LogP contribution in [0.5, 0.6) is 0 Å². The largest absolute Gasteiger partial charge is 0.342 e. The first kappa shape index (κ1) is 22.2. The fourth-order valence-electron chi connectivity index (χ4n) is 2.94. The molecule has 0 unspecified atom stereocenters. The summed E-state index contributed by atoms with van der Waals surface area (Å²) in [7, 11) is -4.40. The minimum Gasteiger partial charge on any atom is -0.342 e. The van der Waals surface area contributed by atoms with Crippen molar-refractivity contribution < 1.29 is 31.2 Å². The number of hydrogen-bond acceptors (Lipinski definition) is 5. The Bertz CT molecular complexity index is 1080. The highest BCUT2D eigenvalue weighted by Crippen LogP contribution is 2.24. The molecule has 0 bridgehead atoms. The molecular formula is C18H18F3N3O4S2. The maximum absolute atomic E-state index is 13.9. The minimum atomic E-state index is -4.40. The third-order valence-corrected chi connectivity index (χ3v) is 7.49. The van der Waals surface area contributed by atoms with Crippen LogP contribution in [-0.2, 0) is 14.8 Å². The number of amides is 2. The van der Waals surface area contributed by atoms with Crippen molar-refractivity contribution in [3.8, 4) is 0 Å². The molecule has 1 fully saturated rings. The van der Waals surface area contributed by atoms with Gasteiger partial charge in [-0.1, -0.05) is 0 Å². The number of halogens is 3. The number of carbonyl (C=O) groups is 2. The molecule has 1 N–H and O–H groups in total. The van der Waals surface area contributed by atoms with E-state index < -0.39 is 38.3 Å². The van der Waals surface area contributed by atoms with E-state index in [2.05, 4.69) is 5.32 Å². The second kappa shape index (κ2) is 8.74. The normalized spacial score (nSPS) is 15.3. The molecule has 162 valence electrons. The summed E-state index contributed by atoms with van der Waals surface area (Å²) in [6.07, 6.45) is 0. The van der Waals surface area contributed by atoms with Crippen LogP contribution in [0.2, 0.25) is 0 Å². The molecule has 0 saturated carbocycles. The number of aryl methyl sites for hydroxylation is 1. The van der Waals surface area contributed by atoms with Crippen molar-refractivity contribution in [2.75, 3.05) is 32.7 Å². The van der Waals surface area contributed by atoms with Crippen molar-refractivity contribution in [1.82, 2.24) is 14.5 Å². The van der Waals surface area contributed by atoms with E-state index in [4.69, 9.17) is 0 Å². The van der Waals surface area contributed by atoms with Crippen molar-refractivity contribution in [2.45, 2.75) is 11.8 Å². The number of piperazine rings is 1. The maximum Gasteiger partial charge on any atom is 0.261 e. The summed E-state index contributed by atoms with van der Waals surface area (Å²) in [6, 6.07) is 4.66. The van der Waals surface area contributed by atoms with Gasteiger partial charge in [0.15, 0.2) is 17.5 Å². The molecule has 0 radical (unpaired) electrons. The van der Waals surface area contributed by atoms with Crippen molar-refractivity contribution in [3.05, 3.63) is 51.5 Å². The van der Waals surface area contributed by atoms with Crippen molar-refractivity contribution >= 4 is 33.2 Å². The molecule has 1 aromatic heterocycles. The Morgan fingerprint density at radius 3 is 2.30 bits per heavy atom. The van der Waals surface area contributed by atoms with Crippen LogP contribution in [-0.4, -0.2) is 62.2 Å². The lowest BCUT2D eigenvalue weighted by Gasteiger charge is -2.34. The fourth-order valence-corrected chi connectivity index (χ4v) is 5.20. The van der Waals surface area contributed by atoms with Crippen LogP contribution < -0.4 is 5.32 Å². The van der Waals surface area contributed by atoms with E-state index >= 15 is 0 Å². The molecule has 2 heterocycles. The van der Waals surface area contributed by atoms with Crippen molar-refractivity contribution in [3.63, 3.8) is 0 Å². The summed E-state index contributed by atoms with van der Waals surface area (Å²) < 4.78 is 66.4. The minimum absolute atomic E-state index is 0.0112. The van der Waals surface area contributed by atoms with Crippen LogP contribution in [0.25, 0.3) is 0 Å². The highest BCUT2D eigenvalue weighted by atomic mass is 32.2. The highest BCUT2D eigenvalue weighted by Gasteiger charge is 2.33. The number of rotatable bonds is 5. The van der Waals surface area contributed by atoms with E-state index in [0.717, 1.165) is 9.18 Å². The Balaban J connectivity index is 1.58. The molecule has 1 saturated heterocycles. The van der Waals surface area contributed by atoms with E-state index in [1.54, 1.807) is 12.1 Å². The Morgan fingerprint density at radius 1 is 1.03 bits per heavy atom. The molecular weight excluding hydrogens is 443 g/mol.